The molecule has 2 heterocycles. The molecule has 0 aliphatic carbocycles. The lowest BCUT2D eigenvalue weighted by molar-refractivity contribution is 0.669. The van der Waals surface area contributed by atoms with Crippen LogP contribution in [0.2, 0.25) is 0 Å². The lowest BCUT2D eigenvalue weighted by Crippen LogP contribution is -1.95. The van der Waals surface area contributed by atoms with Crippen LogP contribution >= 0.6 is 0 Å². The van der Waals surface area contributed by atoms with Gasteiger partial charge < -0.3 is 4.42 Å². The zero-order chi connectivity index (χ0) is 21.5. The molecule has 0 unspecified atom stereocenters. The highest BCUT2D eigenvalue weighted by molar-refractivity contribution is 6.05. The minimum atomic E-state index is 0.750. The predicted molar refractivity (Wildman–Crippen MR) is 130 cm³/mol. The molecule has 32 heavy (non-hydrogen) atoms. The van der Waals surface area contributed by atoms with Gasteiger partial charge in [0.2, 0.25) is 0 Å². The van der Waals surface area contributed by atoms with E-state index in [2.05, 4.69) is 53.5 Å². The van der Waals surface area contributed by atoms with E-state index in [1.165, 1.54) is 0 Å². The molecule has 0 bridgehead atoms. The highest BCUT2D eigenvalue weighted by Crippen LogP contribution is 2.33. The topological polar surface area (TPSA) is 38.9 Å². The largest absolute Gasteiger partial charge is 0.456 e. The average molecular weight is 412 g/mol. The molecule has 6 aromatic rings. The fourth-order valence-electron chi connectivity index (χ4n) is 4.17. The normalized spacial score (nSPS) is 11.3. The van der Waals surface area contributed by atoms with Gasteiger partial charge in [0.1, 0.15) is 11.2 Å². The standard InChI is InChI=1S/C29H20N2O/c1-19-17-26(31-29(30-19)22-7-3-2-4-8-22)21-13-11-20(12-14-21)23-15-16-25-24-9-5-6-10-27(24)32-28(25)18-23/h2-18H,1H3. The summed E-state index contributed by atoms with van der Waals surface area (Å²) in [6.07, 6.45) is 0. The van der Waals surface area contributed by atoms with Crippen molar-refractivity contribution in [1.29, 1.82) is 0 Å². The Kier molecular flexibility index (Phi) is 4.32. The van der Waals surface area contributed by atoms with E-state index in [9.17, 15) is 0 Å². The average Bonchev–Trinajstić information content (AvgIpc) is 3.22. The monoisotopic (exact) mass is 412 g/mol. The van der Waals surface area contributed by atoms with Crippen molar-refractivity contribution >= 4 is 21.9 Å². The molecule has 0 aliphatic rings. The van der Waals surface area contributed by atoms with Gasteiger partial charge >= 0.3 is 0 Å². The molecule has 0 saturated heterocycles. The van der Waals surface area contributed by atoms with E-state index >= 15 is 0 Å². The van der Waals surface area contributed by atoms with Crippen molar-refractivity contribution in [3.8, 4) is 33.8 Å². The molecule has 0 atom stereocenters. The SMILES string of the molecule is Cc1cc(-c2ccc(-c3ccc4c(c3)oc3ccccc34)cc2)nc(-c2ccccc2)n1. The Bertz CT molecular complexity index is 1560. The van der Waals surface area contributed by atoms with E-state index in [0.29, 0.717) is 0 Å². The molecule has 0 N–H and O–H groups in total. The summed E-state index contributed by atoms with van der Waals surface area (Å²) in [6, 6.07) is 35.2. The van der Waals surface area contributed by atoms with Crippen LogP contribution in [0.5, 0.6) is 0 Å². The van der Waals surface area contributed by atoms with Crippen molar-refractivity contribution < 1.29 is 4.42 Å². The Balaban J connectivity index is 1.36. The maximum atomic E-state index is 6.06. The van der Waals surface area contributed by atoms with Gasteiger partial charge in [-0.2, -0.15) is 0 Å². The van der Waals surface area contributed by atoms with Gasteiger partial charge in [-0.25, -0.2) is 9.97 Å². The molecule has 6 rings (SSSR count). The summed E-state index contributed by atoms with van der Waals surface area (Å²) < 4.78 is 6.06. The first-order chi connectivity index (χ1) is 15.7. The molecule has 152 valence electrons. The van der Waals surface area contributed by atoms with E-state index in [1.54, 1.807) is 0 Å². The smallest absolute Gasteiger partial charge is 0.160 e. The second kappa shape index (κ2) is 7.47. The van der Waals surface area contributed by atoms with Crippen molar-refractivity contribution in [2.24, 2.45) is 0 Å². The van der Waals surface area contributed by atoms with Gasteiger partial charge in [0, 0.05) is 27.6 Å². The Morgan fingerprint density at radius 1 is 0.531 bits per heavy atom. The van der Waals surface area contributed by atoms with Crippen LogP contribution in [0.1, 0.15) is 5.69 Å². The molecule has 4 aromatic carbocycles. The zero-order valence-electron chi connectivity index (χ0n) is 17.6. The third kappa shape index (κ3) is 3.25. The highest BCUT2D eigenvalue weighted by atomic mass is 16.3. The predicted octanol–water partition coefficient (Wildman–Crippen LogP) is 7.69. The number of rotatable bonds is 3. The van der Waals surface area contributed by atoms with E-state index in [4.69, 9.17) is 9.40 Å². The Morgan fingerprint density at radius 3 is 2.06 bits per heavy atom. The number of benzene rings is 4. The van der Waals surface area contributed by atoms with Gasteiger partial charge in [0.25, 0.3) is 0 Å². The highest BCUT2D eigenvalue weighted by Gasteiger charge is 2.10. The third-order valence-corrected chi connectivity index (χ3v) is 5.78. The van der Waals surface area contributed by atoms with Crippen LogP contribution in [-0.2, 0) is 0 Å². The first-order valence-corrected chi connectivity index (χ1v) is 10.7. The first-order valence-electron chi connectivity index (χ1n) is 10.7. The summed E-state index contributed by atoms with van der Waals surface area (Å²) in [4.78, 5) is 9.44. The molecule has 0 radical (unpaired) electrons. The molecular weight excluding hydrogens is 392 g/mol. The molecule has 0 saturated carbocycles. The number of hydrogen-bond acceptors (Lipinski definition) is 3. The van der Waals surface area contributed by atoms with E-state index in [0.717, 1.165) is 61.4 Å². The minimum absolute atomic E-state index is 0.750. The maximum absolute atomic E-state index is 6.06. The van der Waals surface area contributed by atoms with Crippen molar-refractivity contribution in [3.63, 3.8) is 0 Å². The zero-order valence-corrected chi connectivity index (χ0v) is 17.6. The molecule has 3 nitrogen and oxygen atoms in total. The van der Waals surface area contributed by atoms with Crippen molar-refractivity contribution in [3.05, 3.63) is 109 Å². The summed E-state index contributed by atoms with van der Waals surface area (Å²) in [7, 11) is 0. The number of fused-ring (bicyclic) bond motifs is 3. The van der Waals surface area contributed by atoms with Crippen LogP contribution in [-0.4, -0.2) is 9.97 Å². The van der Waals surface area contributed by atoms with E-state index < -0.39 is 0 Å². The van der Waals surface area contributed by atoms with Crippen LogP contribution in [0, 0.1) is 6.92 Å². The van der Waals surface area contributed by atoms with Gasteiger partial charge in [-0.15, -0.1) is 0 Å². The Morgan fingerprint density at radius 2 is 1.22 bits per heavy atom. The van der Waals surface area contributed by atoms with Crippen LogP contribution in [0.15, 0.2) is 108 Å². The number of hydrogen-bond donors (Lipinski definition) is 0. The number of aryl methyl sites for hydroxylation is 1. The number of furan rings is 1. The lowest BCUT2D eigenvalue weighted by Gasteiger charge is -2.08. The second-order valence-electron chi connectivity index (χ2n) is 7.97. The fourth-order valence-corrected chi connectivity index (χ4v) is 4.17. The summed E-state index contributed by atoms with van der Waals surface area (Å²) in [5.41, 5.74) is 8.07. The van der Waals surface area contributed by atoms with Crippen molar-refractivity contribution in [2.75, 3.05) is 0 Å². The molecule has 2 aromatic heterocycles. The van der Waals surface area contributed by atoms with Gasteiger partial charge in [-0.3, -0.25) is 0 Å². The number of nitrogens with zero attached hydrogens (tertiary/aromatic N) is 2. The maximum Gasteiger partial charge on any atom is 0.160 e. The first kappa shape index (κ1) is 18.5. The second-order valence-corrected chi connectivity index (χ2v) is 7.97. The van der Waals surface area contributed by atoms with Crippen LogP contribution in [0.3, 0.4) is 0 Å². The van der Waals surface area contributed by atoms with Gasteiger partial charge in [-0.05, 0) is 42.3 Å². The van der Waals surface area contributed by atoms with Gasteiger partial charge in [0.15, 0.2) is 5.82 Å². The summed E-state index contributed by atoms with van der Waals surface area (Å²) in [5.74, 6) is 0.750. The van der Waals surface area contributed by atoms with Crippen molar-refractivity contribution in [1.82, 2.24) is 9.97 Å². The van der Waals surface area contributed by atoms with Crippen LogP contribution in [0.25, 0.3) is 55.7 Å². The molecule has 0 aliphatic heterocycles. The fraction of sp³-hybridized carbons (Fsp3) is 0.0345. The van der Waals surface area contributed by atoms with Crippen LogP contribution in [0.4, 0.5) is 0 Å². The summed E-state index contributed by atoms with van der Waals surface area (Å²) in [5, 5.41) is 2.30. The molecule has 3 heteroatoms. The lowest BCUT2D eigenvalue weighted by atomic mass is 10.0. The van der Waals surface area contributed by atoms with Crippen LogP contribution < -0.4 is 0 Å². The van der Waals surface area contributed by atoms with Gasteiger partial charge in [0.05, 0.1) is 5.69 Å². The van der Waals surface area contributed by atoms with Crippen molar-refractivity contribution in [2.45, 2.75) is 6.92 Å². The quantitative estimate of drug-likeness (QED) is 0.299. The summed E-state index contributed by atoms with van der Waals surface area (Å²) >= 11 is 0. The van der Waals surface area contributed by atoms with Gasteiger partial charge in [-0.1, -0.05) is 78.9 Å². The molecule has 0 fully saturated rings. The molecular formula is C29H20N2O. The van der Waals surface area contributed by atoms with E-state index in [1.807, 2.05) is 61.5 Å². The Labute approximate surface area is 186 Å². The molecule has 0 spiro atoms. The minimum Gasteiger partial charge on any atom is -0.456 e. The number of aromatic nitrogens is 2. The Hall–Kier alpha value is -4.24. The van der Waals surface area contributed by atoms with E-state index in [-0.39, 0.29) is 0 Å². The molecule has 0 amide bonds. The third-order valence-electron chi connectivity index (χ3n) is 5.78. The summed E-state index contributed by atoms with van der Waals surface area (Å²) in [6.45, 7) is 2.01. The number of para-hydroxylation sites is 1.